The normalized spacial score (nSPS) is 29.9. The molecule has 2 aliphatic carbocycles. The molecule has 0 aromatic heterocycles. The fourth-order valence-corrected chi connectivity index (χ4v) is 4.82. The van der Waals surface area contributed by atoms with E-state index in [2.05, 4.69) is 10.6 Å². The second-order valence-corrected chi connectivity index (χ2v) is 8.14. The Labute approximate surface area is 152 Å². The molecule has 142 valence electrons. The fraction of sp³-hybridized carbons (Fsp3) is 0.900. The molecule has 5 nitrogen and oxygen atoms in total. The van der Waals surface area contributed by atoms with Crippen molar-refractivity contribution < 1.29 is 9.59 Å². The van der Waals surface area contributed by atoms with E-state index >= 15 is 0 Å². The summed E-state index contributed by atoms with van der Waals surface area (Å²) in [5.74, 6) is 0.144. The first-order valence-electron chi connectivity index (χ1n) is 10.6. The number of carbonyl (C=O) groups excluding carboxylic acids is 2. The van der Waals surface area contributed by atoms with E-state index in [1.54, 1.807) is 0 Å². The molecule has 3 rings (SSSR count). The summed E-state index contributed by atoms with van der Waals surface area (Å²) in [4.78, 5) is 27.8. The van der Waals surface area contributed by atoms with Crippen LogP contribution < -0.4 is 10.6 Å². The third kappa shape index (κ3) is 5.11. The van der Waals surface area contributed by atoms with Crippen LogP contribution in [0.2, 0.25) is 0 Å². The highest BCUT2D eigenvalue weighted by molar-refractivity contribution is 5.81. The summed E-state index contributed by atoms with van der Waals surface area (Å²) < 4.78 is 0. The maximum absolute atomic E-state index is 13.1. The minimum Gasteiger partial charge on any atom is -0.356 e. The first-order valence-corrected chi connectivity index (χ1v) is 10.6. The van der Waals surface area contributed by atoms with Gasteiger partial charge in [0.05, 0.1) is 5.92 Å². The number of nitrogens with zero attached hydrogens (tertiary/aromatic N) is 1. The second kappa shape index (κ2) is 9.44. The quantitative estimate of drug-likeness (QED) is 0.760. The van der Waals surface area contributed by atoms with Crippen LogP contribution in [0.5, 0.6) is 0 Å². The molecule has 0 bridgehead atoms. The van der Waals surface area contributed by atoms with Gasteiger partial charge in [-0.1, -0.05) is 44.9 Å². The van der Waals surface area contributed by atoms with E-state index in [1.165, 1.54) is 19.3 Å². The van der Waals surface area contributed by atoms with E-state index in [0.29, 0.717) is 6.04 Å². The Kier molecular flexibility index (Phi) is 7.00. The van der Waals surface area contributed by atoms with Crippen LogP contribution in [0.3, 0.4) is 0 Å². The summed E-state index contributed by atoms with van der Waals surface area (Å²) in [7, 11) is 0. The lowest BCUT2D eigenvalue weighted by molar-refractivity contribution is -0.127. The van der Waals surface area contributed by atoms with E-state index in [4.69, 9.17) is 0 Å². The van der Waals surface area contributed by atoms with Crippen molar-refractivity contribution in [1.82, 2.24) is 15.5 Å². The van der Waals surface area contributed by atoms with Gasteiger partial charge in [0.1, 0.15) is 0 Å². The molecule has 25 heavy (non-hydrogen) atoms. The van der Waals surface area contributed by atoms with Crippen molar-refractivity contribution in [3.8, 4) is 0 Å². The summed E-state index contributed by atoms with van der Waals surface area (Å²) in [5.41, 5.74) is 0. The number of nitrogens with one attached hydrogen (secondary N) is 2. The molecule has 2 saturated carbocycles. The first-order chi connectivity index (χ1) is 12.3. The van der Waals surface area contributed by atoms with Crippen LogP contribution in [-0.2, 0) is 4.79 Å². The number of hydrogen-bond donors (Lipinski definition) is 2. The average molecular weight is 350 g/mol. The zero-order valence-electron chi connectivity index (χ0n) is 15.6. The van der Waals surface area contributed by atoms with Crippen molar-refractivity contribution in [3.63, 3.8) is 0 Å². The van der Waals surface area contributed by atoms with Gasteiger partial charge in [-0.3, -0.25) is 4.79 Å². The Bertz CT molecular complexity index is 448. The van der Waals surface area contributed by atoms with Gasteiger partial charge < -0.3 is 15.5 Å². The molecule has 0 aromatic carbocycles. The number of fused-ring (bicyclic) bond motifs is 1. The largest absolute Gasteiger partial charge is 0.356 e. The van der Waals surface area contributed by atoms with E-state index in [1.807, 2.05) is 4.90 Å². The van der Waals surface area contributed by atoms with Crippen molar-refractivity contribution >= 4 is 11.9 Å². The Morgan fingerprint density at radius 2 is 1.56 bits per heavy atom. The lowest BCUT2D eigenvalue weighted by atomic mass is 9.82. The number of urea groups is 1. The molecule has 3 aliphatic rings. The van der Waals surface area contributed by atoms with Crippen LogP contribution in [-0.4, -0.2) is 42.0 Å². The van der Waals surface area contributed by atoms with E-state index in [0.717, 1.165) is 77.3 Å². The molecule has 2 atom stereocenters. The van der Waals surface area contributed by atoms with E-state index in [9.17, 15) is 9.59 Å². The highest BCUT2D eigenvalue weighted by Gasteiger charge is 2.37. The zero-order valence-corrected chi connectivity index (χ0v) is 15.6. The molecule has 1 heterocycles. The molecular weight excluding hydrogens is 314 g/mol. The topological polar surface area (TPSA) is 61.4 Å². The van der Waals surface area contributed by atoms with Gasteiger partial charge in [0, 0.05) is 25.2 Å². The molecule has 3 fully saturated rings. The molecule has 3 amide bonds. The minimum absolute atomic E-state index is 0.0241. The maximum atomic E-state index is 13.1. The van der Waals surface area contributed by atoms with Gasteiger partial charge in [-0.05, 0) is 38.5 Å². The summed E-state index contributed by atoms with van der Waals surface area (Å²) in [6.07, 6.45) is 14.4. The summed E-state index contributed by atoms with van der Waals surface area (Å²) in [6.45, 7) is 1.59. The maximum Gasteiger partial charge on any atom is 0.317 e. The predicted molar refractivity (Wildman–Crippen MR) is 99.3 cm³/mol. The zero-order chi connectivity index (χ0) is 17.5. The number of carbonyl (C=O) groups is 2. The van der Waals surface area contributed by atoms with Crippen LogP contribution >= 0.6 is 0 Å². The van der Waals surface area contributed by atoms with Crippen LogP contribution in [0, 0.1) is 5.92 Å². The van der Waals surface area contributed by atoms with Crippen LogP contribution in [0.15, 0.2) is 0 Å². The number of hydrogen-bond acceptors (Lipinski definition) is 2. The number of rotatable bonds is 1. The third-order valence-corrected chi connectivity index (χ3v) is 6.29. The molecule has 0 aromatic rings. The Morgan fingerprint density at radius 3 is 2.40 bits per heavy atom. The Hall–Kier alpha value is -1.26. The predicted octanol–water partition coefficient (Wildman–Crippen LogP) is 3.58. The van der Waals surface area contributed by atoms with Gasteiger partial charge in [0.15, 0.2) is 0 Å². The van der Waals surface area contributed by atoms with Crippen LogP contribution in [0.25, 0.3) is 0 Å². The highest BCUT2D eigenvalue weighted by Crippen LogP contribution is 2.30. The van der Waals surface area contributed by atoms with E-state index in [-0.39, 0.29) is 23.9 Å². The van der Waals surface area contributed by atoms with Crippen molar-refractivity contribution in [3.05, 3.63) is 0 Å². The van der Waals surface area contributed by atoms with Gasteiger partial charge >= 0.3 is 6.03 Å². The van der Waals surface area contributed by atoms with Gasteiger partial charge in [0.25, 0.3) is 0 Å². The smallest absolute Gasteiger partial charge is 0.317 e. The molecule has 2 N–H and O–H groups in total. The van der Waals surface area contributed by atoms with Gasteiger partial charge in [-0.25, -0.2) is 4.79 Å². The Balaban J connectivity index is 1.71. The van der Waals surface area contributed by atoms with Crippen molar-refractivity contribution in [1.29, 1.82) is 0 Å². The summed E-state index contributed by atoms with van der Waals surface area (Å²) in [5, 5.41) is 6.41. The molecule has 1 saturated heterocycles. The monoisotopic (exact) mass is 349 g/mol. The molecule has 1 aliphatic heterocycles. The lowest BCUT2D eigenvalue weighted by Gasteiger charge is -2.40. The SMILES string of the molecule is O=C1NCCCCCCN(C(=O)NC2CCCCC2)C2CCCCC12. The lowest BCUT2D eigenvalue weighted by Crippen LogP contribution is -2.55. The molecule has 0 radical (unpaired) electrons. The van der Waals surface area contributed by atoms with Crippen molar-refractivity contribution in [2.24, 2.45) is 5.92 Å². The first kappa shape index (κ1) is 18.5. The average Bonchev–Trinajstić information content (AvgIpc) is 2.67. The minimum atomic E-state index is -0.0241. The second-order valence-electron chi connectivity index (χ2n) is 8.14. The van der Waals surface area contributed by atoms with Crippen LogP contribution in [0.1, 0.15) is 83.5 Å². The van der Waals surface area contributed by atoms with Crippen molar-refractivity contribution in [2.45, 2.75) is 95.6 Å². The molecule has 0 spiro atoms. The highest BCUT2D eigenvalue weighted by atomic mass is 16.2. The third-order valence-electron chi connectivity index (χ3n) is 6.29. The summed E-state index contributed by atoms with van der Waals surface area (Å²) >= 11 is 0. The standard InChI is InChI=1S/C20H35N3O2/c24-19-17-12-6-7-13-18(17)23(15-9-2-1-8-14-21-19)20(25)22-16-10-4-3-5-11-16/h16-18H,1-15H2,(H,21,24)(H,22,25). The van der Waals surface area contributed by atoms with Crippen molar-refractivity contribution in [2.75, 3.05) is 13.1 Å². The summed E-state index contributed by atoms with van der Waals surface area (Å²) in [6, 6.07) is 0.488. The van der Waals surface area contributed by atoms with Gasteiger partial charge in [-0.2, -0.15) is 0 Å². The molecular formula is C20H35N3O2. The van der Waals surface area contributed by atoms with Crippen LogP contribution in [0.4, 0.5) is 4.79 Å². The van der Waals surface area contributed by atoms with Gasteiger partial charge in [-0.15, -0.1) is 0 Å². The number of amides is 3. The molecule has 2 unspecified atom stereocenters. The Morgan fingerprint density at radius 1 is 0.880 bits per heavy atom. The van der Waals surface area contributed by atoms with E-state index < -0.39 is 0 Å². The fourth-order valence-electron chi connectivity index (χ4n) is 4.82. The van der Waals surface area contributed by atoms with Gasteiger partial charge in [0.2, 0.25) is 5.91 Å². The molecule has 5 heteroatoms.